The number of hydrogen-bond acceptors (Lipinski definition) is 4. The Hall–Kier alpha value is -1.85. The summed E-state index contributed by atoms with van der Waals surface area (Å²) in [7, 11) is 0. The molecule has 0 bridgehead atoms. The molecule has 0 aliphatic heterocycles. The highest BCUT2D eigenvalue weighted by molar-refractivity contribution is 5.87. The fourth-order valence-corrected chi connectivity index (χ4v) is 2.21. The molecule has 1 aromatic carbocycles. The number of aliphatic hydroxyl groups excluding tert-OH is 1. The van der Waals surface area contributed by atoms with Crippen LogP contribution in [0.4, 0.5) is 0 Å². The highest BCUT2D eigenvalue weighted by Gasteiger charge is 2.10. The molecule has 21 heavy (non-hydrogen) atoms. The summed E-state index contributed by atoms with van der Waals surface area (Å²) >= 11 is 0. The number of hydrogen-bond donors (Lipinski definition) is 2. The largest absolute Gasteiger partial charge is 0.489 e. The summed E-state index contributed by atoms with van der Waals surface area (Å²) in [6.07, 6.45) is 1.13. The van der Waals surface area contributed by atoms with Crippen LogP contribution in [-0.4, -0.2) is 35.5 Å². The van der Waals surface area contributed by atoms with E-state index in [9.17, 15) is 9.90 Å². The molecule has 0 spiro atoms. The highest BCUT2D eigenvalue weighted by Crippen LogP contribution is 2.22. The second kappa shape index (κ2) is 7.24. The number of aliphatic hydroxyl groups is 1. The number of pyridine rings is 1. The predicted octanol–water partition coefficient (Wildman–Crippen LogP) is 1.37. The number of rotatable bonds is 7. The lowest BCUT2D eigenvalue weighted by molar-refractivity contribution is 0.107. The smallest absolute Gasteiger partial charge is 0.258 e. The number of benzene rings is 1. The van der Waals surface area contributed by atoms with E-state index in [4.69, 9.17) is 4.74 Å². The number of likely N-dealkylation sites (N-methyl/N-ethyl adjacent to an activating group) is 1. The molecule has 2 aromatic rings. The zero-order valence-corrected chi connectivity index (χ0v) is 12.5. The van der Waals surface area contributed by atoms with Gasteiger partial charge < -0.3 is 19.7 Å². The van der Waals surface area contributed by atoms with E-state index < -0.39 is 6.10 Å². The Balaban J connectivity index is 2.27. The molecule has 0 aliphatic rings. The molecular weight excluding hydrogens is 268 g/mol. The van der Waals surface area contributed by atoms with Gasteiger partial charge in [-0.3, -0.25) is 4.79 Å². The maximum absolute atomic E-state index is 12.2. The summed E-state index contributed by atoms with van der Waals surface area (Å²) in [5.74, 6) is 0.627. The van der Waals surface area contributed by atoms with Gasteiger partial charge in [0.2, 0.25) is 0 Å². The average molecular weight is 290 g/mol. The molecule has 0 saturated carbocycles. The van der Waals surface area contributed by atoms with Gasteiger partial charge in [-0.05, 0) is 19.5 Å². The molecule has 1 heterocycles. The minimum Gasteiger partial charge on any atom is -0.489 e. The van der Waals surface area contributed by atoms with Crippen LogP contribution in [0.5, 0.6) is 5.75 Å². The molecule has 1 unspecified atom stereocenters. The second-order valence-corrected chi connectivity index (χ2v) is 4.90. The Morgan fingerprint density at radius 3 is 2.67 bits per heavy atom. The van der Waals surface area contributed by atoms with Crippen LogP contribution in [0.25, 0.3) is 10.8 Å². The Morgan fingerprint density at radius 2 is 2.00 bits per heavy atom. The minimum atomic E-state index is -0.578. The Morgan fingerprint density at radius 1 is 1.29 bits per heavy atom. The van der Waals surface area contributed by atoms with Crippen molar-refractivity contribution in [3.8, 4) is 5.75 Å². The van der Waals surface area contributed by atoms with E-state index in [1.807, 2.05) is 32.0 Å². The second-order valence-electron chi connectivity index (χ2n) is 4.90. The lowest BCUT2D eigenvalue weighted by Gasteiger charge is -2.15. The van der Waals surface area contributed by atoms with Gasteiger partial charge in [-0.2, -0.15) is 0 Å². The molecule has 0 aliphatic carbocycles. The third-order valence-corrected chi connectivity index (χ3v) is 3.36. The molecule has 2 rings (SSSR count). The van der Waals surface area contributed by atoms with Gasteiger partial charge in [-0.25, -0.2) is 0 Å². The maximum Gasteiger partial charge on any atom is 0.258 e. The van der Waals surface area contributed by atoms with E-state index in [1.54, 1.807) is 16.8 Å². The van der Waals surface area contributed by atoms with Crippen molar-refractivity contribution in [1.82, 2.24) is 9.88 Å². The number of fused-ring (bicyclic) bond motifs is 1. The Labute approximate surface area is 124 Å². The molecule has 0 radical (unpaired) electrons. The Bertz CT molecular complexity index is 652. The average Bonchev–Trinajstić information content (AvgIpc) is 2.52. The van der Waals surface area contributed by atoms with Crippen LogP contribution in [0.15, 0.2) is 35.3 Å². The molecule has 5 heteroatoms. The minimum absolute atomic E-state index is 0.0198. The number of aryl methyl sites for hydroxylation is 1. The first-order valence-corrected chi connectivity index (χ1v) is 7.31. The van der Waals surface area contributed by atoms with Crippen LogP contribution in [0.2, 0.25) is 0 Å². The predicted molar refractivity (Wildman–Crippen MR) is 83.9 cm³/mol. The van der Waals surface area contributed by atoms with Gasteiger partial charge in [0, 0.05) is 24.7 Å². The zero-order chi connectivity index (χ0) is 15.2. The molecule has 0 saturated heterocycles. The maximum atomic E-state index is 12.2. The lowest BCUT2D eigenvalue weighted by atomic mass is 10.1. The molecule has 114 valence electrons. The summed E-state index contributed by atoms with van der Waals surface area (Å²) in [5.41, 5.74) is -0.0198. The van der Waals surface area contributed by atoms with E-state index in [0.29, 0.717) is 24.2 Å². The van der Waals surface area contributed by atoms with Crippen molar-refractivity contribution in [3.05, 3.63) is 40.8 Å². The van der Waals surface area contributed by atoms with Crippen molar-refractivity contribution < 1.29 is 9.84 Å². The number of nitrogens with zero attached hydrogens (tertiary/aromatic N) is 1. The van der Waals surface area contributed by atoms with Crippen molar-refractivity contribution in [2.45, 2.75) is 26.5 Å². The third kappa shape index (κ3) is 3.62. The molecule has 2 N–H and O–H groups in total. The number of ether oxygens (including phenoxy) is 1. The summed E-state index contributed by atoms with van der Waals surface area (Å²) in [4.78, 5) is 12.2. The van der Waals surface area contributed by atoms with Gasteiger partial charge in [0.1, 0.15) is 18.5 Å². The molecular formula is C16H22N2O3. The van der Waals surface area contributed by atoms with Gasteiger partial charge in [-0.15, -0.1) is 0 Å². The topological polar surface area (TPSA) is 63.5 Å². The molecule has 0 amide bonds. The zero-order valence-electron chi connectivity index (χ0n) is 12.5. The standard InChI is InChI=1S/C16H22N2O3/c1-3-17-9-12(19)11-21-15-10-18(4-2)16(20)14-8-6-5-7-13(14)15/h5-8,10,12,17,19H,3-4,9,11H2,1-2H3. The van der Waals surface area contributed by atoms with Crippen molar-refractivity contribution in [2.24, 2.45) is 0 Å². The molecule has 1 atom stereocenters. The lowest BCUT2D eigenvalue weighted by Crippen LogP contribution is -2.31. The van der Waals surface area contributed by atoms with Gasteiger partial charge in [-0.1, -0.05) is 25.1 Å². The monoisotopic (exact) mass is 290 g/mol. The fraction of sp³-hybridized carbons (Fsp3) is 0.438. The van der Waals surface area contributed by atoms with Crippen LogP contribution < -0.4 is 15.6 Å². The summed E-state index contributed by atoms with van der Waals surface area (Å²) in [5, 5.41) is 14.3. The first-order chi connectivity index (χ1) is 10.2. The summed E-state index contributed by atoms with van der Waals surface area (Å²) in [6, 6.07) is 7.38. The number of nitrogens with one attached hydrogen (secondary N) is 1. The van der Waals surface area contributed by atoms with E-state index in [-0.39, 0.29) is 12.2 Å². The van der Waals surface area contributed by atoms with Crippen molar-refractivity contribution in [1.29, 1.82) is 0 Å². The SMILES string of the molecule is CCNCC(O)COc1cn(CC)c(=O)c2ccccc12. The van der Waals surface area contributed by atoms with Gasteiger partial charge in [0.05, 0.1) is 5.39 Å². The Kier molecular flexibility index (Phi) is 5.36. The van der Waals surface area contributed by atoms with Gasteiger partial charge in [0.25, 0.3) is 5.56 Å². The third-order valence-electron chi connectivity index (χ3n) is 3.36. The normalized spacial score (nSPS) is 12.5. The first kappa shape index (κ1) is 15.5. The van der Waals surface area contributed by atoms with Crippen LogP contribution in [0.1, 0.15) is 13.8 Å². The van der Waals surface area contributed by atoms with E-state index in [0.717, 1.165) is 11.9 Å². The summed E-state index contributed by atoms with van der Waals surface area (Å²) < 4.78 is 7.35. The van der Waals surface area contributed by atoms with E-state index >= 15 is 0 Å². The van der Waals surface area contributed by atoms with Crippen LogP contribution in [0, 0.1) is 0 Å². The fourth-order valence-electron chi connectivity index (χ4n) is 2.21. The van der Waals surface area contributed by atoms with Gasteiger partial charge >= 0.3 is 0 Å². The van der Waals surface area contributed by atoms with Crippen LogP contribution in [-0.2, 0) is 6.54 Å². The summed E-state index contributed by atoms with van der Waals surface area (Å²) in [6.45, 7) is 5.97. The highest BCUT2D eigenvalue weighted by atomic mass is 16.5. The molecule has 0 fully saturated rings. The van der Waals surface area contributed by atoms with Crippen molar-refractivity contribution >= 4 is 10.8 Å². The first-order valence-electron chi connectivity index (χ1n) is 7.31. The molecule has 1 aromatic heterocycles. The van der Waals surface area contributed by atoms with E-state index in [2.05, 4.69) is 5.32 Å². The number of aromatic nitrogens is 1. The van der Waals surface area contributed by atoms with Crippen LogP contribution in [0.3, 0.4) is 0 Å². The van der Waals surface area contributed by atoms with E-state index in [1.165, 1.54) is 0 Å². The van der Waals surface area contributed by atoms with Crippen LogP contribution >= 0.6 is 0 Å². The van der Waals surface area contributed by atoms with Crippen molar-refractivity contribution in [3.63, 3.8) is 0 Å². The molecule has 5 nitrogen and oxygen atoms in total. The van der Waals surface area contributed by atoms with Crippen molar-refractivity contribution in [2.75, 3.05) is 19.7 Å². The quantitative estimate of drug-likeness (QED) is 0.808. The van der Waals surface area contributed by atoms with Gasteiger partial charge in [0.15, 0.2) is 0 Å².